The van der Waals surface area contributed by atoms with Crippen molar-refractivity contribution in [1.29, 1.82) is 0 Å². The zero-order valence-electron chi connectivity index (χ0n) is 50.1. The maximum atomic E-state index is 13.3. The second-order valence-electron chi connectivity index (χ2n) is 19.9. The molecule has 0 aromatic carbocycles. The van der Waals surface area contributed by atoms with Crippen molar-refractivity contribution in [2.24, 2.45) is 23.7 Å². The minimum absolute atomic E-state index is 0.0389. The Bertz CT molecular complexity index is 1860. The van der Waals surface area contributed by atoms with Crippen molar-refractivity contribution in [1.82, 2.24) is 25.7 Å². The first-order valence-electron chi connectivity index (χ1n) is 29.5. The summed E-state index contributed by atoms with van der Waals surface area (Å²) in [5.41, 5.74) is 0.0666. The lowest BCUT2D eigenvalue weighted by Gasteiger charge is -2.43. The van der Waals surface area contributed by atoms with Gasteiger partial charge in [-0.25, -0.2) is 19.6 Å². The number of aliphatic hydroxyl groups is 4. The summed E-state index contributed by atoms with van der Waals surface area (Å²) in [5.74, 6) is -2.36. The Balaban J connectivity index is 1.19. The van der Waals surface area contributed by atoms with Gasteiger partial charge in [0.2, 0.25) is 11.7 Å². The van der Waals surface area contributed by atoms with Crippen LogP contribution in [0.15, 0.2) is 15.8 Å². The molecule has 1 fully saturated rings. The summed E-state index contributed by atoms with van der Waals surface area (Å²) in [7, 11) is 0. The van der Waals surface area contributed by atoms with Gasteiger partial charge in [-0.3, -0.25) is 19.4 Å². The second kappa shape index (κ2) is 51.8. The Kier molecular flexibility index (Phi) is 47.4. The molecule has 0 aliphatic carbocycles. The average Bonchev–Trinajstić information content (AvgIpc) is 3.66. The number of hydrogen-bond acceptors (Lipinski definition) is 24. The lowest BCUT2D eigenvalue weighted by Crippen LogP contribution is -2.49. The molecule has 492 valence electrons. The molecule has 1 aromatic rings. The summed E-state index contributed by atoms with van der Waals surface area (Å²) in [4.78, 5) is 54.0. The maximum Gasteiger partial charge on any atom is 0.336 e. The normalized spacial score (nSPS) is 18.7. The molecule has 1 aromatic heterocycles. The number of aliphatic hydroxyl groups excluding tert-OH is 4. The number of carbonyl (C=O) groups excluding carboxylic acids is 2. The summed E-state index contributed by atoms with van der Waals surface area (Å²) in [6.45, 7) is 20.0. The molecule has 8 N–H and O–H groups in total. The smallest absolute Gasteiger partial charge is 0.336 e. The van der Waals surface area contributed by atoms with E-state index in [0.29, 0.717) is 176 Å². The minimum Gasteiger partial charge on any atom is -0.394 e. The first kappa shape index (κ1) is 76.8. The number of ether oxygens (including phenoxy) is 14. The van der Waals surface area contributed by atoms with Gasteiger partial charge >= 0.3 is 11.7 Å². The highest BCUT2D eigenvalue weighted by molar-refractivity contribution is 5.78. The van der Waals surface area contributed by atoms with Crippen molar-refractivity contribution in [3.05, 3.63) is 32.9 Å². The van der Waals surface area contributed by atoms with Crippen molar-refractivity contribution in [2.45, 2.75) is 90.3 Å². The van der Waals surface area contributed by atoms with Crippen LogP contribution in [0.3, 0.4) is 0 Å². The van der Waals surface area contributed by atoms with Crippen molar-refractivity contribution in [2.75, 3.05) is 205 Å². The van der Waals surface area contributed by atoms with E-state index in [4.69, 9.17) is 71.2 Å². The van der Waals surface area contributed by atoms with E-state index in [0.717, 1.165) is 38.8 Å². The Hall–Kier alpha value is -3.25. The number of nitrogens with one attached hydrogen (secondary N) is 4. The number of nitrogens with zero attached hydrogens (tertiary/aromatic N) is 1. The second-order valence-corrected chi connectivity index (χ2v) is 19.9. The van der Waals surface area contributed by atoms with Gasteiger partial charge in [0.05, 0.1) is 202 Å². The lowest BCUT2D eigenvalue weighted by molar-refractivity contribution is -0.175. The van der Waals surface area contributed by atoms with Crippen molar-refractivity contribution in [3.8, 4) is 0 Å². The standard InChI is InChI=1S/C55H102FN5O23/c1-42-43(2)48(39-62)84-49(44(42)3)41-82-40-47(63)51(65)50(64)45(4)52(66)60-83-37-36-81-35-34-74-20-17-71-14-9-13-70-16-19-73-22-24-76-26-28-78-30-32-80-33-31-79-29-27-77-25-23-75-21-18-72-15-12-57-10-7-5-6-8-11-58-54(68)61-38-46(56)53(67)59-55(61)69/h38,42-45,47-51,57,62-65H,5-37,39-41H2,1-4H3,(H,58,68)(H,60,66)(H,59,67,69). The molecule has 1 aliphatic heterocycles. The molecule has 1 aliphatic rings. The monoisotopic (exact) mass is 1220 g/mol. The quantitative estimate of drug-likeness (QED) is 0.0299. The molecular weight excluding hydrogens is 1120 g/mol. The fourth-order valence-electron chi connectivity index (χ4n) is 7.97. The number of rotatable bonds is 57. The molecule has 9 atom stereocenters. The number of aromatic amines is 1. The Morgan fingerprint density at radius 2 is 0.988 bits per heavy atom. The van der Waals surface area contributed by atoms with Crippen LogP contribution in [0.2, 0.25) is 0 Å². The van der Waals surface area contributed by atoms with Gasteiger partial charge in [-0.2, -0.15) is 4.39 Å². The van der Waals surface area contributed by atoms with E-state index in [9.17, 15) is 44.0 Å². The van der Waals surface area contributed by atoms with Crippen molar-refractivity contribution < 1.29 is 106 Å². The lowest BCUT2D eigenvalue weighted by atomic mass is 9.77. The summed E-state index contributed by atoms with van der Waals surface area (Å²) < 4.78 is 91.6. The number of carbonyl (C=O) groups is 2. The van der Waals surface area contributed by atoms with Crippen LogP contribution in [-0.4, -0.2) is 277 Å². The van der Waals surface area contributed by atoms with E-state index in [2.05, 4.69) is 23.0 Å². The molecule has 28 nitrogen and oxygen atoms in total. The van der Waals surface area contributed by atoms with Gasteiger partial charge in [0.25, 0.3) is 5.56 Å². The van der Waals surface area contributed by atoms with Crippen LogP contribution in [0.25, 0.3) is 0 Å². The number of hydroxylamine groups is 1. The van der Waals surface area contributed by atoms with Gasteiger partial charge < -0.3 is 97.4 Å². The van der Waals surface area contributed by atoms with E-state index in [1.54, 1.807) is 4.98 Å². The predicted octanol–water partition coefficient (Wildman–Crippen LogP) is -0.576. The first-order chi connectivity index (χ1) is 40.8. The van der Waals surface area contributed by atoms with Gasteiger partial charge in [0.1, 0.15) is 12.2 Å². The summed E-state index contributed by atoms with van der Waals surface area (Å²) in [6, 6.07) is -0.790. The summed E-state index contributed by atoms with van der Waals surface area (Å²) >= 11 is 0. The Morgan fingerprint density at radius 1 is 0.560 bits per heavy atom. The SMILES string of the molecule is CC(C(=O)NOCCOCCOCCOCCCOCCOCCOCCOCCOCCOCCOCCOCCOCCNCCCCCCNC(=O)n1cc(F)c(=O)[nH]c1=O)C(O)C(O)C(O)COCC1OC(CO)C(C)C(C)C1C. The number of halogens is 1. The Labute approximate surface area is 493 Å². The average molecular weight is 1220 g/mol. The number of aromatic nitrogens is 2. The van der Waals surface area contributed by atoms with Gasteiger partial charge in [-0.1, -0.05) is 40.5 Å². The Morgan fingerprint density at radius 3 is 1.46 bits per heavy atom. The largest absolute Gasteiger partial charge is 0.394 e. The maximum absolute atomic E-state index is 13.3. The highest BCUT2D eigenvalue weighted by atomic mass is 19.1. The molecule has 0 radical (unpaired) electrons. The number of hydrogen-bond donors (Lipinski definition) is 8. The molecule has 0 saturated carbocycles. The molecule has 2 heterocycles. The van der Waals surface area contributed by atoms with E-state index >= 15 is 0 Å². The third kappa shape index (κ3) is 37.4. The zero-order chi connectivity index (χ0) is 61.3. The summed E-state index contributed by atoms with van der Waals surface area (Å²) in [6.07, 6.45) is -0.495. The number of amides is 2. The van der Waals surface area contributed by atoms with Gasteiger partial charge in [-0.15, -0.1) is 0 Å². The first-order valence-corrected chi connectivity index (χ1v) is 29.5. The highest BCUT2D eigenvalue weighted by Gasteiger charge is 2.39. The minimum atomic E-state index is -1.65. The summed E-state index contributed by atoms with van der Waals surface area (Å²) in [5, 5.41) is 46.8. The fourth-order valence-corrected chi connectivity index (χ4v) is 7.97. The molecule has 84 heavy (non-hydrogen) atoms. The van der Waals surface area contributed by atoms with E-state index in [1.165, 1.54) is 6.92 Å². The van der Waals surface area contributed by atoms with Crippen LogP contribution in [0.4, 0.5) is 9.18 Å². The van der Waals surface area contributed by atoms with E-state index < -0.39 is 53.2 Å². The van der Waals surface area contributed by atoms with Crippen molar-refractivity contribution >= 4 is 11.9 Å². The van der Waals surface area contributed by atoms with Crippen LogP contribution >= 0.6 is 0 Å². The molecule has 0 bridgehead atoms. The van der Waals surface area contributed by atoms with Gasteiger partial charge in [0, 0.05) is 26.3 Å². The third-order valence-corrected chi connectivity index (χ3v) is 13.5. The molecule has 29 heteroatoms. The van der Waals surface area contributed by atoms with Gasteiger partial charge in [-0.05, 0) is 43.6 Å². The van der Waals surface area contributed by atoms with E-state index in [1.807, 2.05) is 13.8 Å². The molecule has 2 rings (SSSR count). The highest BCUT2D eigenvalue weighted by Crippen LogP contribution is 2.35. The number of unbranched alkanes of at least 4 members (excludes halogenated alkanes) is 3. The van der Waals surface area contributed by atoms with Crippen LogP contribution in [-0.2, 0) is 75.9 Å². The molecule has 2 amide bonds. The third-order valence-electron chi connectivity index (χ3n) is 13.5. The van der Waals surface area contributed by atoms with Crippen LogP contribution in [0.5, 0.6) is 0 Å². The molecular formula is C55H102FN5O23. The van der Waals surface area contributed by atoms with Crippen LogP contribution in [0.1, 0.15) is 59.8 Å². The fraction of sp³-hybridized carbons (Fsp3) is 0.891. The number of H-pyrrole nitrogens is 1. The van der Waals surface area contributed by atoms with Crippen LogP contribution < -0.4 is 27.4 Å². The van der Waals surface area contributed by atoms with E-state index in [-0.39, 0.29) is 63.0 Å². The predicted molar refractivity (Wildman–Crippen MR) is 301 cm³/mol. The zero-order valence-corrected chi connectivity index (χ0v) is 50.1. The molecule has 9 unspecified atom stereocenters. The topological polar surface area (TPSA) is 344 Å². The molecule has 0 spiro atoms. The molecule has 1 saturated heterocycles. The van der Waals surface area contributed by atoms with Crippen LogP contribution in [0, 0.1) is 29.5 Å². The van der Waals surface area contributed by atoms with Gasteiger partial charge in [0.15, 0.2) is 0 Å². The van der Waals surface area contributed by atoms with Crippen molar-refractivity contribution in [3.63, 3.8) is 0 Å².